The van der Waals surface area contributed by atoms with E-state index in [1.807, 2.05) is 0 Å². The number of hydrogen-bond donors (Lipinski definition) is 1. The van der Waals surface area contributed by atoms with E-state index in [2.05, 4.69) is 16.3 Å². The molecule has 0 aromatic heterocycles. The Bertz CT molecular complexity index is 577. The molecule has 1 saturated carbocycles. The summed E-state index contributed by atoms with van der Waals surface area (Å²) in [5, 5.41) is 11.7. The highest BCUT2D eigenvalue weighted by atomic mass is 16.5. The van der Waals surface area contributed by atoms with Crippen LogP contribution in [-0.4, -0.2) is 42.6 Å². The van der Waals surface area contributed by atoms with Crippen molar-refractivity contribution in [2.24, 2.45) is 0 Å². The Labute approximate surface area is 137 Å². The number of ether oxygens (including phenoxy) is 1. The van der Waals surface area contributed by atoms with Crippen LogP contribution < -0.4 is 5.32 Å². The lowest BCUT2D eigenvalue weighted by Gasteiger charge is -2.43. The van der Waals surface area contributed by atoms with Crippen molar-refractivity contribution in [2.75, 3.05) is 25.0 Å². The van der Waals surface area contributed by atoms with E-state index in [4.69, 9.17) is 10.00 Å². The van der Waals surface area contributed by atoms with Gasteiger partial charge in [0.25, 0.3) is 0 Å². The number of morpholine rings is 1. The van der Waals surface area contributed by atoms with Gasteiger partial charge in [0.2, 0.25) is 5.91 Å². The molecule has 2 atom stereocenters. The van der Waals surface area contributed by atoms with Crippen LogP contribution in [0.4, 0.5) is 5.69 Å². The molecule has 1 aromatic carbocycles. The molecule has 23 heavy (non-hydrogen) atoms. The first-order chi connectivity index (χ1) is 11.3. The van der Waals surface area contributed by atoms with Crippen LogP contribution in [-0.2, 0) is 9.53 Å². The fourth-order valence-electron chi connectivity index (χ4n) is 3.55. The predicted molar refractivity (Wildman–Crippen MR) is 88.0 cm³/mol. The molecular weight excluding hydrogens is 290 g/mol. The second-order valence-corrected chi connectivity index (χ2v) is 6.28. The molecule has 1 aliphatic carbocycles. The summed E-state index contributed by atoms with van der Waals surface area (Å²) in [6, 6.07) is 9.51. The number of rotatable bonds is 4. The first kappa shape index (κ1) is 16.0. The van der Waals surface area contributed by atoms with Gasteiger partial charge in [-0.2, -0.15) is 5.26 Å². The molecule has 1 saturated heterocycles. The Balaban J connectivity index is 1.49. The smallest absolute Gasteiger partial charge is 0.225 e. The average molecular weight is 313 g/mol. The molecule has 3 rings (SSSR count). The number of carbonyl (C=O) groups is 1. The van der Waals surface area contributed by atoms with E-state index in [9.17, 15) is 4.79 Å². The van der Waals surface area contributed by atoms with Gasteiger partial charge in [-0.3, -0.25) is 9.69 Å². The largest absolute Gasteiger partial charge is 0.375 e. The van der Waals surface area contributed by atoms with Crippen LogP contribution >= 0.6 is 0 Å². The molecule has 122 valence electrons. The van der Waals surface area contributed by atoms with Gasteiger partial charge in [0.1, 0.15) is 0 Å². The van der Waals surface area contributed by atoms with Gasteiger partial charge in [-0.15, -0.1) is 0 Å². The third kappa shape index (κ3) is 4.10. The second-order valence-electron chi connectivity index (χ2n) is 6.28. The van der Waals surface area contributed by atoms with E-state index in [-0.39, 0.29) is 5.91 Å². The molecule has 1 aliphatic heterocycles. The van der Waals surface area contributed by atoms with Crippen molar-refractivity contribution in [2.45, 2.75) is 44.2 Å². The van der Waals surface area contributed by atoms with Crippen LogP contribution in [0.5, 0.6) is 0 Å². The molecule has 0 radical (unpaired) electrons. The van der Waals surface area contributed by atoms with Crippen LogP contribution in [0.25, 0.3) is 0 Å². The Kier molecular flexibility index (Phi) is 5.27. The van der Waals surface area contributed by atoms with Crippen LogP contribution in [0.15, 0.2) is 24.3 Å². The quantitative estimate of drug-likeness (QED) is 0.927. The zero-order valence-electron chi connectivity index (χ0n) is 13.3. The lowest BCUT2D eigenvalue weighted by Crippen LogP contribution is -2.53. The van der Waals surface area contributed by atoms with Gasteiger partial charge in [-0.05, 0) is 37.1 Å². The van der Waals surface area contributed by atoms with Gasteiger partial charge in [-0.25, -0.2) is 0 Å². The third-order valence-electron chi connectivity index (χ3n) is 4.77. The lowest BCUT2D eigenvalue weighted by molar-refractivity contribution is -0.118. The summed E-state index contributed by atoms with van der Waals surface area (Å²) in [6.07, 6.45) is 5.70. The Morgan fingerprint density at radius 3 is 2.87 bits per heavy atom. The van der Waals surface area contributed by atoms with Crippen molar-refractivity contribution >= 4 is 11.6 Å². The Morgan fingerprint density at radius 2 is 2.09 bits per heavy atom. The first-order valence-corrected chi connectivity index (χ1v) is 8.42. The normalized spacial score (nSPS) is 24.5. The molecule has 2 fully saturated rings. The van der Waals surface area contributed by atoms with Gasteiger partial charge in [-0.1, -0.05) is 12.8 Å². The molecule has 5 heteroatoms. The van der Waals surface area contributed by atoms with E-state index < -0.39 is 0 Å². The predicted octanol–water partition coefficient (Wildman–Crippen LogP) is 2.53. The van der Waals surface area contributed by atoms with E-state index in [0.29, 0.717) is 24.1 Å². The van der Waals surface area contributed by atoms with Gasteiger partial charge < -0.3 is 10.1 Å². The standard InChI is InChI=1S/C18H23N3O2/c19-13-14-5-7-15(8-6-14)20-18(22)9-10-21-11-12-23-17-4-2-1-3-16(17)21/h5-8,16-17H,1-4,9-12H2,(H,20,22)/t16-,17-/m0/s1. The number of anilines is 1. The number of nitriles is 1. The lowest BCUT2D eigenvalue weighted by atomic mass is 9.90. The van der Waals surface area contributed by atoms with Crippen molar-refractivity contribution in [3.63, 3.8) is 0 Å². The summed E-state index contributed by atoms with van der Waals surface area (Å²) >= 11 is 0. The Hall–Kier alpha value is -1.90. The minimum Gasteiger partial charge on any atom is -0.375 e. The van der Waals surface area contributed by atoms with Gasteiger partial charge in [0.05, 0.1) is 24.3 Å². The number of hydrogen-bond acceptors (Lipinski definition) is 4. The second kappa shape index (κ2) is 7.58. The van der Waals surface area contributed by atoms with E-state index >= 15 is 0 Å². The highest BCUT2D eigenvalue weighted by Crippen LogP contribution is 2.28. The van der Waals surface area contributed by atoms with Crippen LogP contribution in [0, 0.1) is 11.3 Å². The van der Waals surface area contributed by atoms with Gasteiger partial charge in [0, 0.05) is 31.2 Å². The zero-order chi connectivity index (χ0) is 16.1. The van der Waals surface area contributed by atoms with Gasteiger partial charge in [0.15, 0.2) is 0 Å². The van der Waals surface area contributed by atoms with E-state index in [1.165, 1.54) is 19.3 Å². The fraction of sp³-hybridized carbons (Fsp3) is 0.556. The molecule has 2 aliphatic rings. The van der Waals surface area contributed by atoms with E-state index in [0.717, 1.165) is 31.8 Å². The van der Waals surface area contributed by atoms with Crippen molar-refractivity contribution in [1.82, 2.24) is 4.90 Å². The number of carbonyl (C=O) groups excluding carboxylic acids is 1. The maximum atomic E-state index is 12.1. The summed E-state index contributed by atoms with van der Waals surface area (Å²) < 4.78 is 5.87. The van der Waals surface area contributed by atoms with Gasteiger partial charge >= 0.3 is 0 Å². The average Bonchev–Trinajstić information content (AvgIpc) is 2.60. The summed E-state index contributed by atoms with van der Waals surface area (Å²) in [4.78, 5) is 14.6. The SMILES string of the molecule is N#Cc1ccc(NC(=O)CCN2CCO[C@H]3CCCC[C@@H]32)cc1. The molecule has 0 bridgehead atoms. The molecule has 5 nitrogen and oxygen atoms in total. The van der Waals surface area contributed by atoms with E-state index in [1.54, 1.807) is 24.3 Å². The van der Waals surface area contributed by atoms with Crippen molar-refractivity contribution in [3.05, 3.63) is 29.8 Å². The molecule has 1 aromatic rings. The fourth-order valence-corrected chi connectivity index (χ4v) is 3.55. The number of benzene rings is 1. The minimum absolute atomic E-state index is 0.0218. The van der Waals surface area contributed by atoms with Crippen molar-refractivity contribution in [1.29, 1.82) is 5.26 Å². The number of fused-ring (bicyclic) bond motifs is 1. The maximum absolute atomic E-state index is 12.1. The number of nitrogens with one attached hydrogen (secondary N) is 1. The minimum atomic E-state index is 0.0218. The highest BCUT2D eigenvalue weighted by Gasteiger charge is 2.33. The Morgan fingerprint density at radius 1 is 1.30 bits per heavy atom. The summed E-state index contributed by atoms with van der Waals surface area (Å²) in [5.41, 5.74) is 1.34. The molecular formula is C18H23N3O2. The summed E-state index contributed by atoms with van der Waals surface area (Å²) in [6.45, 7) is 2.48. The van der Waals surface area contributed by atoms with Crippen molar-refractivity contribution in [3.8, 4) is 6.07 Å². The number of nitrogens with zero attached hydrogens (tertiary/aromatic N) is 2. The maximum Gasteiger partial charge on any atom is 0.225 e. The van der Waals surface area contributed by atoms with Crippen LogP contribution in [0.2, 0.25) is 0 Å². The molecule has 0 unspecified atom stereocenters. The highest BCUT2D eigenvalue weighted by molar-refractivity contribution is 5.90. The van der Waals surface area contributed by atoms with Crippen LogP contribution in [0.3, 0.4) is 0 Å². The number of amides is 1. The first-order valence-electron chi connectivity index (χ1n) is 8.42. The third-order valence-corrected chi connectivity index (χ3v) is 4.77. The molecule has 1 heterocycles. The molecule has 1 amide bonds. The summed E-state index contributed by atoms with van der Waals surface area (Å²) in [5.74, 6) is 0.0218. The monoisotopic (exact) mass is 313 g/mol. The summed E-state index contributed by atoms with van der Waals surface area (Å²) in [7, 11) is 0. The van der Waals surface area contributed by atoms with Crippen molar-refractivity contribution < 1.29 is 9.53 Å². The molecule has 0 spiro atoms. The van der Waals surface area contributed by atoms with Crippen LogP contribution in [0.1, 0.15) is 37.7 Å². The topological polar surface area (TPSA) is 65.4 Å². The zero-order valence-corrected chi connectivity index (χ0v) is 13.3. The molecule has 1 N–H and O–H groups in total.